The van der Waals surface area contributed by atoms with Crippen molar-refractivity contribution >= 4 is 55.9 Å². The van der Waals surface area contributed by atoms with Gasteiger partial charge in [0.15, 0.2) is 0 Å². The Morgan fingerprint density at radius 2 is 1.15 bits per heavy atom. The van der Waals surface area contributed by atoms with Gasteiger partial charge in [-0.25, -0.2) is 12.2 Å². The molecule has 0 atom stereocenters. The predicted molar refractivity (Wildman–Crippen MR) is 153 cm³/mol. The predicted octanol–water partition coefficient (Wildman–Crippen LogP) is 10.1. The van der Waals surface area contributed by atoms with Crippen LogP contribution >= 0.6 is 24.8 Å². The van der Waals surface area contributed by atoms with Crippen LogP contribution in [0.3, 0.4) is 0 Å². The van der Waals surface area contributed by atoms with E-state index in [0.29, 0.717) is 0 Å². The van der Waals surface area contributed by atoms with Gasteiger partial charge in [-0.3, -0.25) is 6.08 Å². The summed E-state index contributed by atoms with van der Waals surface area (Å²) in [6, 6.07) is 19.3. The molecule has 0 spiro atoms. The minimum Gasteiger partial charge on any atom is -0.273 e. The first-order valence-electron chi connectivity index (χ1n) is 12.4. The van der Waals surface area contributed by atoms with E-state index < -0.39 is 0 Å². The topological polar surface area (TPSA) is 0 Å². The third kappa shape index (κ3) is 9.85. The maximum absolute atomic E-state index is 2.99. The van der Waals surface area contributed by atoms with Crippen molar-refractivity contribution in [1.82, 2.24) is 0 Å². The smallest absolute Gasteiger partial charge is 0.273 e. The number of benzene rings is 2. The Bertz CT molecular complexity index is 905. The molecule has 0 amide bonds. The molecule has 34 heavy (non-hydrogen) atoms. The third-order valence-electron chi connectivity index (χ3n) is 6.79. The second kappa shape index (κ2) is 17.8. The molecule has 2 radical (unpaired) electrons. The molecular formula is C30H38Cl2SiZr. The van der Waals surface area contributed by atoms with Gasteiger partial charge in [-0.15, -0.1) is 71.0 Å². The van der Waals surface area contributed by atoms with E-state index in [-0.39, 0.29) is 51.0 Å². The summed E-state index contributed by atoms with van der Waals surface area (Å²) >= 11 is 0. The molecule has 6 rings (SSSR count). The van der Waals surface area contributed by atoms with Crippen molar-refractivity contribution in [2.75, 3.05) is 0 Å². The summed E-state index contributed by atoms with van der Waals surface area (Å²) < 4.78 is 0. The van der Waals surface area contributed by atoms with Gasteiger partial charge in [-0.05, 0) is 11.1 Å². The summed E-state index contributed by atoms with van der Waals surface area (Å²) in [7, 11) is 1.33. The number of hydrogen-bond donors (Lipinski definition) is 0. The van der Waals surface area contributed by atoms with Gasteiger partial charge >= 0.3 is 26.2 Å². The van der Waals surface area contributed by atoms with Gasteiger partial charge in [-0.1, -0.05) is 101 Å². The van der Waals surface area contributed by atoms with E-state index >= 15 is 0 Å². The molecule has 3 aromatic carbocycles. The van der Waals surface area contributed by atoms with Gasteiger partial charge < -0.3 is 0 Å². The van der Waals surface area contributed by atoms with Crippen LogP contribution in [0.15, 0.2) is 72.8 Å². The molecule has 3 aliphatic rings. The zero-order valence-electron chi connectivity index (χ0n) is 20.2. The Morgan fingerprint density at radius 3 is 1.53 bits per heavy atom. The molecule has 3 aromatic rings. The normalized spacial score (nSPS) is 17.4. The van der Waals surface area contributed by atoms with E-state index in [1.165, 1.54) is 69.6 Å². The van der Waals surface area contributed by atoms with Crippen LogP contribution in [0.2, 0.25) is 11.1 Å². The molecule has 0 nitrogen and oxygen atoms in total. The number of halogens is 2. The quantitative estimate of drug-likeness (QED) is 0.206. The standard InChI is InChI=1S/C13H9.C12H22Si.C5H5.2ClH.Zr/c1-3-7-12-10(5-1)9-11-6-2-4-8-13(11)12;1-3-7-11(8-4-1)13-12-9-5-2-6-10-12;1-2-4-5-3-1;;;/h1-9H;11-12H,1-10H2;1-3H,4H2;2*1H;/q-1;;-1;;;+2. The summed E-state index contributed by atoms with van der Waals surface area (Å²) in [5, 5.41) is 5.39. The molecule has 3 aliphatic carbocycles. The van der Waals surface area contributed by atoms with Crippen LogP contribution in [-0.4, -0.2) is 9.52 Å². The molecule has 0 saturated heterocycles. The first kappa shape index (κ1) is 31.5. The third-order valence-corrected chi connectivity index (χ3v) is 8.89. The zero-order chi connectivity index (χ0) is 21.1. The van der Waals surface area contributed by atoms with Crippen molar-refractivity contribution in [2.24, 2.45) is 0 Å². The Balaban J connectivity index is 0.000000264. The Kier molecular flexibility index (Phi) is 16.5. The summed E-state index contributed by atoms with van der Waals surface area (Å²) in [4.78, 5) is 0. The molecule has 0 heterocycles. The van der Waals surface area contributed by atoms with Crippen LogP contribution < -0.4 is 0 Å². The van der Waals surface area contributed by atoms with Gasteiger partial charge in [0.25, 0.3) is 0 Å². The molecule has 0 bridgehead atoms. The van der Waals surface area contributed by atoms with E-state index in [4.69, 9.17) is 0 Å². The second-order valence-electron chi connectivity index (χ2n) is 9.16. The maximum Gasteiger partial charge on any atom is 2.00 e. The maximum atomic E-state index is 2.99. The van der Waals surface area contributed by atoms with E-state index in [2.05, 4.69) is 66.7 Å². The van der Waals surface area contributed by atoms with E-state index in [0.717, 1.165) is 17.5 Å². The summed E-state index contributed by atoms with van der Waals surface area (Å²) in [6.07, 6.45) is 25.4. The largest absolute Gasteiger partial charge is 2.00 e. The minimum absolute atomic E-state index is 0. The fraction of sp³-hybridized carbons (Fsp3) is 0.433. The van der Waals surface area contributed by atoms with Crippen LogP contribution in [0.5, 0.6) is 0 Å². The average molecular weight is 589 g/mol. The van der Waals surface area contributed by atoms with Crippen molar-refractivity contribution in [2.45, 2.75) is 81.7 Å². The van der Waals surface area contributed by atoms with Gasteiger partial charge in [0.05, 0.1) is 0 Å². The molecule has 0 aliphatic heterocycles. The van der Waals surface area contributed by atoms with Crippen molar-refractivity contribution < 1.29 is 26.2 Å². The van der Waals surface area contributed by atoms with E-state index in [9.17, 15) is 0 Å². The summed E-state index contributed by atoms with van der Waals surface area (Å²) in [5.41, 5.74) is 2.30. The second-order valence-corrected chi connectivity index (χ2v) is 11.1. The first-order valence-corrected chi connectivity index (χ1v) is 13.6. The Hall–Kier alpha value is -0.530. The molecule has 2 saturated carbocycles. The fourth-order valence-electron chi connectivity index (χ4n) is 5.12. The van der Waals surface area contributed by atoms with E-state index in [1.54, 1.807) is 25.7 Å². The van der Waals surface area contributed by atoms with Crippen molar-refractivity contribution in [3.8, 4) is 0 Å². The Labute approximate surface area is 241 Å². The average Bonchev–Trinajstić information content (AvgIpc) is 3.53. The monoisotopic (exact) mass is 586 g/mol. The minimum atomic E-state index is 0. The van der Waals surface area contributed by atoms with Crippen LogP contribution in [0, 0.1) is 6.08 Å². The van der Waals surface area contributed by atoms with Crippen molar-refractivity contribution in [3.05, 3.63) is 78.9 Å². The molecule has 2 fully saturated rings. The van der Waals surface area contributed by atoms with Gasteiger partial charge in [0.2, 0.25) is 0 Å². The van der Waals surface area contributed by atoms with Crippen molar-refractivity contribution in [3.63, 3.8) is 0 Å². The van der Waals surface area contributed by atoms with Gasteiger partial charge in [-0.2, -0.15) is 6.08 Å². The molecule has 4 heteroatoms. The van der Waals surface area contributed by atoms with Gasteiger partial charge in [0, 0.05) is 9.52 Å². The SMILES string of the molecule is C1CCC([Si]C2CCCCC2)CC1.Cl.Cl.[C-]1=CC=CC1.[Zr+2].c1ccc2c(c1)[cH-]c1ccccc12. The van der Waals surface area contributed by atoms with Crippen LogP contribution in [0.25, 0.3) is 21.5 Å². The molecular weight excluding hydrogens is 551 g/mol. The first-order chi connectivity index (χ1) is 15.4. The number of hydrogen-bond acceptors (Lipinski definition) is 0. The van der Waals surface area contributed by atoms with Gasteiger partial charge in [0.1, 0.15) is 0 Å². The summed E-state index contributed by atoms with van der Waals surface area (Å²) in [5.74, 6) is 0. The molecule has 0 aromatic heterocycles. The molecule has 0 N–H and O–H groups in total. The number of rotatable bonds is 2. The molecule has 180 valence electrons. The Morgan fingerprint density at radius 1 is 0.676 bits per heavy atom. The van der Waals surface area contributed by atoms with Crippen LogP contribution in [-0.2, 0) is 26.2 Å². The van der Waals surface area contributed by atoms with Crippen LogP contribution in [0.1, 0.15) is 70.6 Å². The number of fused-ring (bicyclic) bond motifs is 3. The van der Waals surface area contributed by atoms with Crippen LogP contribution in [0.4, 0.5) is 0 Å². The zero-order valence-corrected chi connectivity index (χ0v) is 25.3. The fourth-order valence-corrected chi connectivity index (χ4v) is 7.27. The number of allylic oxidation sites excluding steroid dienone is 4. The van der Waals surface area contributed by atoms with E-state index in [1.807, 2.05) is 12.2 Å². The molecule has 0 unspecified atom stereocenters. The summed E-state index contributed by atoms with van der Waals surface area (Å²) in [6.45, 7) is 0. The van der Waals surface area contributed by atoms with Crippen molar-refractivity contribution in [1.29, 1.82) is 0 Å².